The molecule has 0 saturated carbocycles. The van der Waals surface area contributed by atoms with Crippen molar-refractivity contribution >= 4 is 41.5 Å². The fraction of sp³-hybridized carbons (Fsp3) is 0.333. The molecule has 102 valence electrons. The Bertz CT molecular complexity index is 643. The van der Waals surface area contributed by atoms with Crippen LogP contribution in [0.25, 0.3) is 0 Å². The van der Waals surface area contributed by atoms with Gasteiger partial charge in [0.25, 0.3) is 0 Å². The molecule has 0 heterocycles. The number of hydrogen-bond donors (Lipinski definition) is 1. The van der Waals surface area contributed by atoms with Crippen LogP contribution in [-0.4, -0.2) is 34.6 Å². The molecule has 1 aromatic carbocycles. The van der Waals surface area contributed by atoms with Gasteiger partial charge >= 0.3 is 0 Å². The summed E-state index contributed by atoms with van der Waals surface area (Å²) >= 11 is 3.01. The summed E-state index contributed by atoms with van der Waals surface area (Å²) in [5, 5.41) is 0. The van der Waals surface area contributed by atoms with E-state index in [0.29, 0.717) is 0 Å². The van der Waals surface area contributed by atoms with Gasteiger partial charge in [-0.1, -0.05) is 0 Å². The summed E-state index contributed by atoms with van der Waals surface area (Å²) < 4.78 is 60.2. The van der Waals surface area contributed by atoms with Crippen LogP contribution >= 0.6 is 15.9 Å². The third-order valence-corrected chi connectivity index (χ3v) is 5.05. The van der Waals surface area contributed by atoms with E-state index in [-0.39, 0.29) is 10.2 Å². The van der Waals surface area contributed by atoms with Crippen LogP contribution in [0.4, 0.5) is 10.1 Å². The first kappa shape index (κ1) is 15.4. The maximum absolute atomic E-state index is 12.8. The number of sulfonamides is 1. The maximum atomic E-state index is 12.8. The number of halogens is 2. The minimum atomic E-state index is -3.78. The fourth-order valence-electron chi connectivity index (χ4n) is 1.05. The number of benzene rings is 1. The first-order valence-electron chi connectivity index (χ1n) is 4.72. The average Bonchev–Trinajstić information content (AvgIpc) is 2.19. The molecule has 1 aromatic rings. The molecule has 0 unspecified atom stereocenters. The Morgan fingerprint density at radius 1 is 1.22 bits per heavy atom. The molecule has 0 radical (unpaired) electrons. The highest BCUT2D eigenvalue weighted by Crippen LogP contribution is 2.24. The van der Waals surface area contributed by atoms with Crippen molar-refractivity contribution in [3.63, 3.8) is 0 Å². The fourth-order valence-corrected chi connectivity index (χ4v) is 4.34. The first-order chi connectivity index (χ1) is 8.09. The lowest BCUT2D eigenvalue weighted by molar-refractivity contribution is 0.593. The molecule has 0 fully saturated rings. The zero-order valence-electron chi connectivity index (χ0n) is 9.35. The summed E-state index contributed by atoms with van der Waals surface area (Å²) in [4.78, 5) is 0. The predicted molar refractivity (Wildman–Crippen MR) is 71.2 cm³/mol. The monoisotopic (exact) mass is 359 g/mol. The van der Waals surface area contributed by atoms with Crippen LogP contribution in [0.3, 0.4) is 0 Å². The highest BCUT2D eigenvalue weighted by Gasteiger charge is 2.15. The van der Waals surface area contributed by atoms with Gasteiger partial charge in [0.05, 0.1) is 17.2 Å². The Hall–Kier alpha value is -0.670. The molecule has 0 amide bonds. The summed E-state index contributed by atoms with van der Waals surface area (Å²) in [6.45, 7) is 0. The summed E-state index contributed by atoms with van der Waals surface area (Å²) in [5.74, 6) is -1.53. The van der Waals surface area contributed by atoms with Gasteiger partial charge in [-0.3, -0.25) is 4.72 Å². The lowest BCUT2D eigenvalue weighted by Crippen LogP contribution is -2.22. The van der Waals surface area contributed by atoms with Gasteiger partial charge in [-0.2, -0.15) is 0 Å². The van der Waals surface area contributed by atoms with Crippen molar-refractivity contribution in [2.24, 2.45) is 0 Å². The van der Waals surface area contributed by atoms with Crippen LogP contribution in [0.2, 0.25) is 0 Å². The number of sulfone groups is 1. The van der Waals surface area contributed by atoms with Gasteiger partial charge in [-0.25, -0.2) is 21.2 Å². The highest BCUT2D eigenvalue weighted by molar-refractivity contribution is 9.10. The zero-order chi connectivity index (χ0) is 14.0. The third kappa shape index (κ3) is 5.32. The average molecular weight is 360 g/mol. The lowest BCUT2D eigenvalue weighted by Gasteiger charge is -2.09. The highest BCUT2D eigenvalue weighted by atomic mass is 79.9. The molecule has 18 heavy (non-hydrogen) atoms. The lowest BCUT2D eigenvalue weighted by atomic mass is 10.3. The molecule has 1 N–H and O–H groups in total. The number of anilines is 1. The molecule has 0 spiro atoms. The van der Waals surface area contributed by atoms with E-state index in [9.17, 15) is 21.2 Å². The molecule has 0 saturated heterocycles. The van der Waals surface area contributed by atoms with E-state index in [1.165, 1.54) is 6.07 Å². The van der Waals surface area contributed by atoms with Gasteiger partial charge < -0.3 is 0 Å². The third-order valence-electron chi connectivity index (χ3n) is 1.92. The van der Waals surface area contributed by atoms with Crippen molar-refractivity contribution < 1.29 is 21.2 Å². The van der Waals surface area contributed by atoms with E-state index in [1.54, 1.807) is 0 Å². The van der Waals surface area contributed by atoms with E-state index in [4.69, 9.17) is 0 Å². The molecule has 0 aromatic heterocycles. The van der Waals surface area contributed by atoms with Gasteiger partial charge in [0.15, 0.2) is 0 Å². The molecule has 0 atom stereocenters. The van der Waals surface area contributed by atoms with Crippen molar-refractivity contribution in [3.05, 3.63) is 28.5 Å². The zero-order valence-corrected chi connectivity index (χ0v) is 12.6. The molecule has 5 nitrogen and oxygen atoms in total. The predicted octanol–water partition coefficient (Wildman–Crippen LogP) is 1.37. The van der Waals surface area contributed by atoms with Gasteiger partial charge in [-0.05, 0) is 34.1 Å². The number of hydrogen-bond acceptors (Lipinski definition) is 4. The first-order valence-corrected chi connectivity index (χ1v) is 9.23. The summed E-state index contributed by atoms with van der Waals surface area (Å²) in [5.41, 5.74) is 0.157. The van der Waals surface area contributed by atoms with E-state index in [2.05, 4.69) is 20.7 Å². The standard InChI is InChI=1S/C9H11BrFNO4S2/c1-17(13,14)4-5-18(15,16)12-9-3-2-7(11)6-8(9)10/h2-3,6,12H,4-5H2,1H3. The van der Waals surface area contributed by atoms with Gasteiger partial charge in [0, 0.05) is 10.7 Å². The molecular formula is C9H11BrFNO4S2. The van der Waals surface area contributed by atoms with Crippen LogP contribution in [0.5, 0.6) is 0 Å². The van der Waals surface area contributed by atoms with Crippen molar-refractivity contribution in [1.82, 2.24) is 0 Å². The second kappa shape index (κ2) is 5.54. The Morgan fingerprint density at radius 3 is 2.33 bits per heavy atom. The van der Waals surface area contributed by atoms with Crippen LogP contribution in [-0.2, 0) is 19.9 Å². The van der Waals surface area contributed by atoms with Gasteiger partial charge in [-0.15, -0.1) is 0 Å². The van der Waals surface area contributed by atoms with E-state index >= 15 is 0 Å². The van der Waals surface area contributed by atoms with Gasteiger partial charge in [0.2, 0.25) is 10.0 Å². The van der Waals surface area contributed by atoms with E-state index in [1.807, 2.05) is 0 Å². The molecule has 0 aliphatic carbocycles. The molecule has 0 bridgehead atoms. The van der Waals surface area contributed by atoms with Crippen molar-refractivity contribution in [2.75, 3.05) is 22.5 Å². The molecule has 0 aliphatic heterocycles. The molecular weight excluding hydrogens is 349 g/mol. The molecule has 1 rings (SSSR count). The van der Waals surface area contributed by atoms with Crippen LogP contribution in [0, 0.1) is 5.82 Å². The Balaban J connectivity index is 2.83. The summed E-state index contributed by atoms with van der Waals surface area (Å²) in [6.07, 6.45) is 0.955. The second-order valence-electron chi connectivity index (χ2n) is 3.67. The summed E-state index contributed by atoms with van der Waals surface area (Å²) in [6, 6.07) is 3.45. The van der Waals surface area contributed by atoms with Gasteiger partial charge in [0.1, 0.15) is 15.7 Å². The van der Waals surface area contributed by atoms with Crippen LogP contribution < -0.4 is 4.72 Å². The van der Waals surface area contributed by atoms with Crippen LogP contribution in [0.1, 0.15) is 0 Å². The quantitative estimate of drug-likeness (QED) is 0.860. The summed E-state index contributed by atoms with van der Waals surface area (Å²) in [7, 11) is -7.14. The molecule has 9 heteroatoms. The minimum absolute atomic E-state index is 0.157. The Kier molecular flexibility index (Phi) is 4.73. The van der Waals surface area contributed by atoms with Crippen molar-refractivity contribution in [1.29, 1.82) is 0 Å². The maximum Gasteiger partial charge on any atom is 0.233 e. The number of rotatable bonds is 5. The smallest absolute Gasteiger partial charge is 0.233 e. The minimum Gasteiger partial charge on any atom is -0.282 e. The normalized spacial score (nSPS) is 12.4. The Morgan fingerprint density at radius 2 is 1.83 bits per heavy atom. The Labute approximate surface area is 113 Å². The number of nitrogens with one attached hydrogen (secondary N) is 1. The second-order valence-corrected chi connectivity index (χ2v) is 8.63. The van der Waals surface area contributed by atoms with E-state index < -0.39 is 37.2 Å². The largest absolute Gasteiger partial charge is 0.282 e. The SMILES string of the molecule is CS(=O)(=O)CCS(=O)(=O)Nc1ccc(F)cc1Br. The topological polar surface area (TPSA) is 80.3 Å². The van der Waals surface area contributed by atoms with Crippen LogP contribution in [0.15, 0.2) is 22.7 Å². The van der Waals surface area contributed by atoms with Crippen molar-refractivity contribution in [3.8, 4) is 0 Å². The molecule has 0 aliphatic rings. The van der Waals surface area contributed by atoms with Crippen molar-refractivity contribution in [2.45, 2.75) is 0 Å². The van der Waals surface area contributed by atoms with E-state index in [0.717, 1.165) is 18.4 Å².